The number of anilines is 1. The predicted octanol–water partition coefficient (Wildman–Crippen LogP) is 8.51. The van der Waals surface area contributed by atoms with Crippen molar-refractivity contribution in [3.05, 3.63) is 107 Å². The Morgan fingerprint density at radius 2 is 1.69 bits per heavy atom. The van der Waals surface area contributed by atoms with Crippen molar-refractivity contribution in [1.29, 1.82) is 0 Å². The van der Waals surface area contributed by atoms with E-state index in [2.05, 4.69) is 60.8 Å². The van der Waals surface area contributed by atoms with Crippen molar-refractivity contribution in [3.63, 3.8) is 0 Å². The molecular formula is C30H27ClN2O2S. The third kappa shape index (κ3) is 5.48. The van der Waals surface area contributed by atoms with E-state index in [0.717, 1.165) is 44.4 Å². The van der Waals surface area contributed by atoms with Crippen molar-refractivity contribution >= 4 is 38.8 Å². The Morgan fingerprint density at radius 3 is 2.50 bits per heavy atom. The zero-order chi connectivity index (χ0) is 24.9. The number of halogens is 1. The number of para-hydroxylation sites is 1. The maximum Gasteiger partial charge on any atom is 0.166 e. The average Bonchev–Trinajstić information content (AvgIpc) is 3.31. The first-order chi connectivity index (χ1) is 17.6. The molecule has 0 saturated heterocycles. The molecule has 0 aliphatic heterocycles. The molecule has 5 aromatic rings. The molecule has 0 unspecified atom stereocenters. The lowest BCUT2D eigenvalue weighted by atomic mass is 10.1. The van der Waals surface area contributed by atoms with E-state index in [-0.39, 0.29) is 0 Å². The number of ether oxygens (including phenoxy) is 2. The molecule has 0 fully saturated rings. The van der Waals surface area contributed by atoms with Gasteiger partial charge in [-0.3, -0.25) is 0 Å². The van der Waals surface area contributed by atoms with Crippen LogP contribution in [0.15, 0.2) is 84.9 Å². The normalized spacial score (nSPS) is 11.0. The fourth-order valence-corrected chi connectivity index (χ4v) is 5.24. The quantitative estimate of drug-likeness (QED) is 0.214. The van der Waals surface area contributed by atoms with Gasteiger partial charge in [-0.05, 0) is 67.9 Å². The molecular weight excluding hydrogens is 488 g/mol. The molecule has 4 nitrogen and oxygen atoms in total. The van der Waals surface area contributed by atoms with E-state index in [0.29, 0.717) is 24.8 Å². The van der Waals surface area contributed by atoms with Gasteiger partial charge in [0.05, 0.1) is 16.8 Å². The Balaban J connectivity index is 1.31. The van der Waals surface area contributed by atoms with Gasteiger partial charge in [0.15, 0.2) is 11.5 Å². The number of aryl methyl sites for hydroxylation is 1. The van der Waals surface area contributed by atoms with Crippen LogP contribution in [-0.4, -0.2) is 11.6 Å². The molecule has 1 heterocycles. The molecule has 1 N–H and O–H groups in total. The largest absolute Gasteiger partial charge is 0.490 e. The topological polar surface area (TPSA) is 43.4 Å². The first kappa shape index (κ1) is 24.2. The number of fused-ring (bicyclic) bond motifs is 1. The van der Waals surface area contributed by atoms with Crippen LogP contribution in [0.3, 0.4) is 0 Å². The highest BCUT2D eigenvalue weighted by Gasteiger charge is 2.13. The van der Waals surface area contributed by atoms with E-state index in [1.807, 2.05) is 43.3 Å². The molecule has 0 bridgehead atoms. The zero-order valence-corrected chi connectivity index (χ0v) is 21.8. The van der Waals surface area contributed by atoms with Gasteiger partial charge in [0.25, 0.3) is 0 Å². The van der Waals surface area contributed by atoms with Gasteiger partial charge >= 0.3 is 0 Å². The van der Waals surface area contributed by atoms with Gasteiger partial charge in [-0.25, -0.2) is 4.98 Å². The zero-order valence-electron chi connectivity index (χ0n) is 20.3. The van der Waals surface area contributed by atoms with Gasteiger partial charge in [0.2, 0.25) is 0 Å². The minimum atomic E-state index is 0.368. The van der Waals surface area contributed by atoms with Crippen molar-refractivity contribution in [1.82, 2.24) is 4.98 Å². The minimum absolute atomic E-state index is 0.368. The number of nitrogens with one attached hydrogen (secondary N) is 1. The van der Waals surface area contributed by atoms with Crippen LogP contribution < -0.4 is 14.8 Å². The van der Waals surface area contributed by atoms with Crippen LogP contribution in [0, 0.1) is 6.92 Å². The summed E-state index contributed by atoms with van der Waals surface area (Å²) in [5, 5.41) is 5.23. The summed E-state index contributed by atoms with van der Waals surface area (Å²) in [6.07, 6.45) is 0. The molecule has 4 aromatic carbocycles. The van der Waals surface area contributed by atoms with Crippen LogP contribution in [0.2, 0.25) is 5.02 Å². The monoisotopic (exact) mass is 514 g/mol. The van der Waals surface area contributed by atoms with Crippen LogP contribution in [0.4, 0.5) is 5.69 Å². The molecule has 0 aliphatic rings. The van der Waals surface area contributed by atoms with E-state index in [9.17, 15) is 0 Å². The van der Waals surface area contributed by atoms with Crippen LogP contribution in [0.1, 0.15) is 23.6 Å². The molecule has 5 rings (SSSR count). The van der Waals surface area contributed by atoms with Crippen LogP contribution in [-0.2, 0) is 13.2 Å². The molecule has 0 amide bonds. The predicted molar refractivity (Wildman–Crippen MR) is 151 cm³/mol. The van der Waals surface area contributed by atoms with Gasteiger partial charge in [-0.1, -0.05) is 48.0 Å². The number of hydrogen-bond acceptors (Lipinski definition) is 5. The summed E-state index contributed by atoms with van der Waals surface area (Å²) >= 11 is 8.05. The van der Waals surface area contributed by atoms with Crippen molar-refractivity contribution in [2.75, 3.05) is 11.9 Å². The summed E-state index contributed by atoms with van der Waals surface area (Å²) in [7, 11) is 0. The second-order valence-corrected chi connectivity index (χ2v) is 9.92. The SMILES string of the molecule is CCOc1cccc(CNc2ccc(-c3nc4ccc(C)cc4s3)cc2)c1OCc1ccccc1Cl. The lowest BCUT2D eigenvalue weighted by molar-refractivity contribution is 0.267. The standard InChI is InChI=1S/C30H27ClN2O2S/c1-3-34-27-10-6-8-22(29(27)35-19-23-7-4-5-9-25(23)31)18-32-24-14-12-21(13-15-24)30-33-26-16-11-20(2)17-28(26)36-30/h4-17,32H,3,18-19H2,1-2H3. The number of benzene rings is 4. The molecule has 6 heteroatoms. The molecule has 36 heavy (non-hydrogen) atoms. The summed E-state index contributed by atoms with van der Waals surface area (Å²) in [5.41, 5.74) is 6.38. The number of thiazole rings is 1. The van der Waals surface area contributed by atoms with Gasteiger partial charge < -0.3 is 14.8 Å². The van der Waals surface area contributed by atoms with E-state index < -0.39 is 0 Å². The second kappa shape index (κ2) is 11.0. The maximum absolute atomic E-state index is 6.33. The summed E-state index contributed by atoms with van der Waals surface area (Å²) < 4.78 is 13.3. The van der Waals surface area contributed by atoms with Crippen molar-refractivity contribution in [2.45, 2.75) is 27.0 Å². The first-order valence-electron chi connectivity index (χ1n) is 11.9. The Labute approximate surface area is 220 Å². The van der Waals surface area contributed by atoms with Gasteiger partial charge in [-0.2, -0.15) is 0 Å². The Bertz CT molecular complexity index is 1480. The van der Waals surface area contributed by atoms with E-state index >= 15 is 0 Å². The summed E-state index contributed by atoms with van der Waals surface area (Å²) in [5.74, 6) is 1.46. The van der Waals surface area contributed by atoms with Crippen LogP contribution in [0.5, 0.6) is 11.5 Å². The number of hydrogen-bond donors (Lipinski definition) is 1. The van der Waals surface area contributed by atoms with Crippen LogP contribution in [0.25, 0.3) is 20.8 Å². The van der Waals surface area contributed by atoms with Crippen molar-refractivity contribution in [3.8, 4) is 22.1 Å². The van der Waals surface area contributed by atoms with Gasteiger partial charge in [0, 0.05) is 33.9 Å². The number of nitrogens with zero attached hydrogens (tertiary/aromatic N) is 1. The second-order valence-electron chi connectivity index (χ2n) is 8.48. The van der Waals surface area contributed by atoms with Crippen molar-refractivity contribution in [2.24, 2.45) is 0 Å². The minimum Gasteiger partial charge on any atom is -0.490 e. The molecule has 1 aromatic heterocycles. The lowest BCUT2D eigenvalue weighted by Gasteiger charge is -2.17. The fraction of sp³-hybridized carbons (Fsp3) is 0.167. The molecule has 0 aliphatic carbocycles. The fourth-order valence-electron chi connectivity index (χ4n) is 3.98. The van der Waals surface area contributed by atoms with Crippen molar-refractivity contribution < 1.29 is 9.47 Å². The van der Waals surface area contributed by atoms with E-state index in [1.165, 1.54) is 10.3 Å². The highest BCUT2D eigenvalue weighted by molar-refractivity contribution is 7.21. The summed E-state index contributed by atoms with van der Waals surface area (Å²) in [4.78, 5) is 4.80. The Morgan fingerprint density at radius 1 is 0.889 bits per heavy atom. The van der Waals surface area contributed by atoms with E-state index in [1.54, 1.807) is 11.3 Å². The highest BCUT2D eigenvalue weighted by atomic mass is 35.5. The summed E-state index contributed by atoms with van der Waals surface area (Å²) in [6.45, 7) is 5.60. The molecule has 0 saturated carbocycles. The Kier molecular flexibility index (Phi) is 7.40. The molecule has 0 spiro atoms. The molecule has 0 radical (unpaired) electrons. The summed E-state index contributed by atoms with van der Waals surface area (Å²) in [6, 6.07) is 28.5. The third-order valence-electron chi connectivity index (χ3n) is 5.85. The molecule has 182 valence electrons. The number of rotatable bonds is 9. The van der Waals surface area contributed by atoms with Gasteiger partial charge in [0.1, 0.15) is 11.6 Å². The van der Waals surface area contributed by atoms with Gasteiger partial charge in [-0.15, -0.1) is 11.3 Å². The third-order valence-corrected chi connectivity index (χ3v) is 7.28. The maximum atomic E-state index is 6.33. The smallest absolute Gasteiger partial charge is 0.166 e. The number of aromatic nitrogens is 1. The van der Waals surface area contributed by atoms with Crippen LogP contribution >= 0.6 is 22.9 Å². The molecule has 0 atom stereocenters. The van der Waals surface area contributed by atoms with E-state index in [4.69, 9.17) is 26.1 Å². The Hall–Kier alpha value is -3.54. The first-order valence-corrected chi connectivity index (χ1v) is 13.1. The lowest BCUT2D eigenvalue weighted by Crippen LogP contribution is -2.06. The average molecular weight is 515 g/mol. The highest BCUT2D eigenvalue weighted by Crippen LogP contribution is 2.34.